The first-order valence-corrected chi connectivity index (χ1v) is 21.1. The van der Waals surface area contributed by atoms with Gasteiger partial charge in [0.15, 0.2) is 11.9 Å². The number of amides is 2. The van der Waals surface area contributed by atoms with Gasteiger partial charge in [0, 0.05) is 49.7 Å². The molecule has 0 radical (unpaired) electrons. The number of benzene rings is 1. The molecule has 306 valence electrons. The van der Waals surface area contributed by atoms with Crippen molar-refractivity contribution in [3.63, 3.8) is 0 Å². The summed E-state index contributed by atoms with van der Waals surface area (Å²) in [4.78, 5) is 75.4. The van der Waals surface area contributed by atoms with Gasteiger partial charge in [0.25, 0.3) is 5.91 Å². The molecule has 12 heteroatoms. The maximum absolute atomic E-state index is 14.7. The molecule has 1 aliphatic heterocycles. The average molecular weight is 783 g/mol. The number of Topliss-reactive ketones (excluding diaryl/α,β-unsaturated/α-hetero) is 1. The summed E-state index contributed by atoms with van der Waals surface area (Å²) in [5.41, 5.74) is 1.67. The molecule has 1 saturated heterocycles. The van der Waals surface area contributed by atoms with Gasteiger partial charge in [0.1, 0.15) is 10.7 Å². The quantitative estimate of drug-likeness (QED) is 0.122. The number of hydrogen-bond acceptors (Lipinski definition) is 9. The highest BCUT2D eigenvalue weighted by Crippen LogP contribution is 2.36. The molecule has 1 aliphatic rings. The summed E-state index contributed by atoms with van der Waals surface area (Å²) in [7, 11) is 2.03. The summed E-state index contributed by atoms with van der Waals surface area (Å²) in [5, 5.41) is 14.7. The molecule has 2 N–H and O–H groups in total. The van der Waals surface area contributed by atoms with Crippen LogP contribution < -0.4 is 5.32 Å². The largest absolute Gasteiger partial charge is 0.481 e. The first-order chi connectivity index (χ1) is 26.0. The maximum Gasteiger partial charge on any atom is 0.306 e. The van der Waals surface area contributed by atoms with E-state index in [2.05, 4.69) is 36.0 Å². The van der Waals surface area contributed by atoms with Crippen molar-refractivity contribution in [1.82, 2.24) is 20.1 Å². The van der Waals surface area contributed by atoms with Crippen molar-refractivity contribution in [2.24, 2.45) is 23.7 Å². The number of rotatable bonds is 21. The minimum Gasteiger partial charge on any atom is -0.481 e. The van der Waals surface area contributed by atoms with Crippen LogP contribution in [0.4, 0.5) is 0 Å². The molecule has 2 heterocycles. The Balaban J connectivity index is 1.88. The Bertz CT molecular complexity index is 1590. The molecular formula is C43H66N4O7S. The molecule has 2 amide bonds. The molecule has 2 aromatic rings. The summed E-state index contributed by atoms with van der Waals surface area (Å²) < 4.78 is 5.86. The van der Waals surface area contributed by atoms with E-state index in [0.717, 1.165) is 43.4 Å². The molecule has 1 fully saturated rings. The highest BCUT2D eigenvalue weighted by molar-refractivity contribution is 7.09. The molecule has 0 saturated carbocycles. The van der Waals surface area contributed by atoms with E-state index < -0.39 is 47.4 Å². The second-order valence-corrected chi connectivity index (χ2v) is 16.9. The number of aromatic nitrogens is 1. The van der Waals surface area contributed by atoms with E-state index in [-0.39, 0.29) is 54.5 Å². The van der Waals surface area contributed by atoms with Gasteiger partial charge in [-0.15, -0.1) is 11.3 Å². The monoisotopic (exact) mass is 782 g/mol. The Labute approximate surface area is 333 Å². The van der Waals surface area contributed by atoms with Crippen molar-refractivity contribution in [2.45, 2.75) is 144 Å². The lowest BCUT2D eigenvalue weighted by Gasteiger charge is -2.45. The van der Waals surface area contributed by atoms with Gasteiger partial charge in [0.2, 0.25) is 5.91 Å². The molecule has 11 nitrogen and oxygen atoms in total. The Hall–Kier alpha value is -3.64. The van der Waals surface area contributed by atoms with Gasteiger partial charge in [-0.2, -0.15) is 0 Å². The molecule has 0 spiro atoms. The topological polar surface area (TPSA) is 146 Å². The Kier molecular flexibility index (Phi) is 17.5. The third-order valence-electron chi connectivity index (χ3n) is 11.8. The van der Waals surface area contributed by atoms with Crippen LogP contribution in [0.2, 0.25) is 0 Å². The maximum atomic E-state index is 14.7. The van der Waals surface area contributed by atoms with Crippen LogP contribution in [-0.2, 0) is 30.3 Å². The van der Waals surface area contributed by atoms with Gasteiger partial charge in [-0.05, 0) is 83.4 Å². The molecule has 1 aromatic heterocycles. The molecular weight excluding hydrogens is 717 g/mol. The first-order valence-electron chi connectivity index (χ1n) is 20.2. The van der Waals surface area contributed by atoms with Gasteiger partial charge < -0.3 is 20.1 Å². The number of esters is 1. The summed E-state index contributed by atoms with van der Waals surface area (Å²) in [5.74, 6) is -3.02. The summed E-state index contributed by atoms with van der Waals surface area (Å²) in [6, 6.07) is 7.10. The van der Waals surface area contributed by atoms with Crippen molar-refractivity contribution in [2.75, 3.05) is 20.1 Å². The number of aliphatic carboxylic acids is 1. The third-order valence-corrected chi connectivity index (χ3v) is 12.7. The highest BCUT2D eigenvalue weighted by atomic mass is 32.1. The number of likely N-dealkylation sites (tertiary alicyclic amines) is 1. The third kappa shape index (κ3) is 12.2. The van der Waals surface area contributed by atoms with Crippen LogP contribution in [0, 0.1) is 30.6 Å². The highest BCUT2D eigenvalue weighted by Gasteiger charge is 2.45. The SMILES string of the molecule is CC[C@H](C)[C@H](CC(=O)[C@@]1(CC)CCCCN1C)C(=O)N(CC)[C@H](C[C@@H](OC(C)=O)c1nc(C(=O)N[C@@H](Cc2ccc(C)cc2)C[C@H](C)C(=O)O)cs1)C(C)C. The van der Waals surface area contributed by atoms with Gasteiger partial charge in [-0.3, -0.25) is 28.9 Å². The smallest absolute Gasteiger partial charge is 0.306 e. The lowest BCUT2D eigenvalue weighted by molar-refractivity contribution is -0.150. The predicted octanol–water partition coefficient (Wildman–Crippen LogP) is 7.66. The van der Waals surface area contributed by atoms with Crippen molar-refractivity contribution >= 4 is 40.9 Å². The summed E-state index contributed by atoms with van der Waals surface area (Å²) in [6.45, 7) is 18.4. The van der Waals surface area contributed by atoms with Crippen LogP contribution >= 0.6 is 11.3 Å². The molecule has 3 rings (SSSR count). The number of piperidine rings is 1. The Morgan fingerprint density at radius 3 is 2.25 bits per heavy atom. The van der Waals surface area contributed by atoms with E-state index in [0.29, 0.717) is 24.4 Å². The standard InChI is InChI=1S/C43H66N4O7S/c1-11-29(7)34(24-38(49)43(12-2)20-14-15-21-46(43)10)41(51)47(13-3)36(27(4)5)25-37(54-31(9)48)40-45-35(26-55-40)39(50)44-33(22-30(8)42(52)53)23-32-18-16-28(6)17-19-32/h16-19,26-27,29-30,33-34,36-37H,11-15,20-25H2,1-10H3,(H,44,50)(H,52,53)/t29-,30-,33+,34-,36+,37+,43+/m0/s1. The summed E-state index contributed by atoms with van der Waals surface area (Å²) >= 11 is 1.21. The van der Waals surface area contributed by atoms with Gasteiger partial charge in [-0.25, -0.2) is 4.98 Å². The van der Waals surface area contributed by atoms with Gasteiger partial charge in [-0.1, -0.05) is 77.8 Å². The zero-order valence-corrected chi connectivity index (χ0v) is 35.7. The van der Waals surface area contributed by atoms with Crippen molar-refractivity contribution < 1.29 is 33.8 Å². The Morgan fingerprint density at radius 1 is 1.04 bits per heavy atom. The zero-order valence-electron chi connectivity index (χ0n) is 34.9. The summed E-state index contributed by atoms with van der Waals surface area (Å²) in [6.07, 6.45) is 4.64. The van der Waals surface area contributed by atoms with Crippen LogP contribution in [0.1, 0.15) is 139 Å². The number of carbonyl (C=O) groups excluding carboxylic acids is 4. The van der Waals surface area contributed by atoms with Crippen LogP contribution in [-0.4, -0.2) is 87.2 Å². The Morgan fingerprint density at radius 2 is 1.71 bits per heavy atom. The lowest BCUT2D eigenvalue weighted by atomic mass is 9.75. The fourth-order valence-electron chi connectivity index (χ4n) is 8.05. The van der Waals surface area contributed by atoms with E-state index in [1.807, 2.05) is 63.9 Å². The van der Waals surface area contributed by atoms with Crippen LogP contribution in [0.25, 0.3) is 0 Å². The van der Waals surface area contributed by atoms with Crippen molar-refractivity contribution in [3.8, 4) is 0 Å². The number of ketones is 1. The van der Waals surface area contributed by atoms with Crippen LogP contribution in [0.3, 0.4) is 0 Å². The fourth-order valence-corrected chi connectivity index (χ4v) is 8.89. The van der Waals surface area contributed by atoms with Crippen LogP contribution in [0.15, 0.2) is 29.6 Å². The lowest BCUT2D eigenvalue weighted by Crippen LogP contribution is -2.56. The molecule has 55 heavy (non-hydrogen) atoms. The average Bonchev–Trinajstić information content (AvgIpc) is 3.64. The number of aryl methyl sites for hydroxylation is 1. The second-order valence-electron chi connectivity index (χ2n) is 16.1. The van der Waals surface area contributed by atoms with E-state index >= 15 is 0 Å². The number of hydrogen-bond donors (Lipinski definition) is 2. The number of carboxylic acids is 1. The number of carboxylic acid groups (broad SMARTS) is 1. The van der Waals surface area contributed by atoms with Crippen molar-refractivity contribution in [3.05, 3.63) is 51.5 Å². The number of likely N-dealkylation sites (N-methyl/N-ethyl adjacent to an activating group) is 1. The minimum atomic E-state index is -0.939. The van der Waals surface area contributed by atoms with Gasteiger partial charge >= 0.3 is 11.9 Å². The van der Waals surface area contributed by atoms with E-state index in [4.69, 9.17) is 4.74 Å². The number of nitrogens with one attached hydrogen (secondary N) is 1. The molecule has 7 atom stereocenters. The molecule has 0 bridgehead atoms. The van der Waals surface area contributed by atoms with E-state index in [1.54, 1.807) is 12.3 Å². The van der Waals surface area contributed by atoms with Crippen molar-refractivity contribution in [1.29, 1.82) is 0 Å². The van der Waals surface area contributed by atoms with Gasteiger partial charge in [0.05, 0.1) is 11.5 Å². The van der Waals surface area contributed by atoms with Crippen LogP contribution in [0.5, 0.6) is 0 Å². The van der Waals surface area contributed by atoms with E-state index in [9.17, 15) is 29.1 Å². The molecule has 1 aromatic carbocycles. The number of thiazole rings is 1. The molecule has 0 unspecified atom stereocenters. The minimum absolute atomic E-state index is 0.0151. The molecule has 0 aliphatic carbocycles. The second kappa shape index (κ2) is 21.0. The predicted molar refractivity (Wildman–Crippen MR) is 217 cm³/mol. The number of nitrogens with zero attached hydrogens (tertiary/aromatic N) is 3. The zero-order chi connectivity index (χ0) is 41.0. The fraction of sp³-hybridized carbons (Fsp3) is 0.674. The van der Waals surface area contributed by atoms with E-state index in [1.165, 1.54) is 18.3 Å². The first kappa shape index (κ1) is 45.7. The number of ether oxygens (including phenoxy) is 1. The normalized spacial score (nSPS) is 19.5. The number of carbonyl (C=O) groups is 5.